The van der Waals surface area contributed by atoms with Crippen LogP contribution in [-0.2, 0) is 22.6 Å². The first kappa shape index (κ1) is 23.1. The molecule has 3 aliphatic rings. The van der Waals surface area contributed by atoms with Crippen LogP contribution in [-0.4, -0.2) is 34.8 Å². The second-order valence-electron chi connectivity index (χ2n) is 9.48. The van der Waals surface area contributed by atoms with Crippen LogP contribution in [0.1, 0.15) is 63.5 Å². The number of amides is 2. The number of hydrogen-bond donors (Lipinski definition) is 2. The Morgan fingerprint density at radius 1 is 1.17 bits per heavy atom. The van der Waals surface area contributed by atoms with Gasteiger partial charge in [0.1, 0.15) is 6.04 Å². The fourth-order valence-electron chi connectivity index (χ4n) is 5.73. The highest BCUT2D eigenvalue weighted by Gasteiger charge is 2.42. The van der Waals surface area contributed by atoms with Crippen molar-refractivity contribution in [3.8, 4) is 0 Å². The molecular weight excluding hydrogens is 398 g/mol. The molecule has 4 unspecified atom stereocenters. The second-order valence-corrected chi connectivity index (χ2v) is 9.48. The minimum atomic E-state index is -0.414. The third kappa shape index (κ3) is 4.52. The standard InChI is InChI=1S/C24H35N3O2.ClH/c1-3-15(2)24(29)27-14-19-8-5-4-7-16(19)13-21(27)23(28)26-22-17-9-6-10-18(22)12-20(25)11-17;/h4-5,7-8,15,17-18,20-22H,3,6,9-14,25H2,1-2H3,(H,26,28);1H. The van der Waals surface area contributed by atoms with Crippen molar-refractivity contribution in [2.75, 3.05) is 0 Å². The zero-order chi connectivity index (χ0) is 20.5. The van der Waals surface area contributed by atoms with Gasteiger partial charge in [-0.25, -0.2) is 0 Å². The molecular formula is C24H36ClN3O2. The molecule has 0 radical (unpaired) electrons. The van der Waals surface area contributed by atoms with E-state index in [1.807, 2.05) is 30.9 Å². The molecule has 0 saturated heterocycles. The van der Waals surface area contributed by atoms with Crippen molar-refractivity contribution < 1.29 is 9.59 Å². The van der Waals surface area contributed by atoms with Gasteiger partial charge in [0, 0.05) is 31.0 Å². The van der Waals surface area contributed by atoms with Gasteiger partial charge in [-0.3, -0.25) is 9.59 Å². The number of carbonyl (C=O) groups is 2. The van der Waals surface area contributed by atoms with Gasteiger partial charge in [0.2, 0.25) is 11.8 Å². The molecule has 1 aromatic carbocycles. The molecule has 0 aromatic heterocycles. The van der Waals surface area contributed by atoms with Crippen molar-refractivity contribution in [3.05, 3.63) is 35.4 Å². The van der Waals surface area contributed by atoms with Crippen LogP contribution in [0.2, 0.25) is 0 Å². The SMILES string of the molecule is CCC(C)C(=O)N1Cc2ccccc2CC1C(=O)NC1C2CCCC1CC(N)C2.Cl. The molecule has 4 rings (SSSR count). The van der Waals surface area contributed by atoms with Crippen LogP contribution in [0.15, 0.2) is 24.3 Å². The van der Waals surface area contributed by atoms with E-state index in [1.165, 1.54) is 12.0 Å². The third-order valence-electron chi connectivity index (χ3n) is 7.55. The van der Waals surface area contributed by atoms with Gasteiger partial charge in [-0.1, -0.05) is 44.5 Å². The third-order valence-corrected chi connectivity index (χ3v) is 7.55. The lowest BCUT2D eigenvalue weighted by molar-refractivity contribution is -0.145. The Hall–Kier alpha value is -1.59. The summed E-state index contributed by atoms with van der Waals surface area (Å²) in [6.07, 6.45) is 6.94. The number of rotatable bonds is 4. The second kappa shape index (κ2) is 9.69. The Morgan fingerprint density at radius 3 is 2.43 bits per heavy atom. The van der Waals surface area contributed by atoms with Gasteiger partial charge in [-0.15, -0.1) is 12.4 Å². The van der Waals surface area contributed by atoms with Gasteiger partial charge in [0.05, 0.1) is 0 Å². The summed E-state index contributed by atoms with van der Waals surface area (Å²) in [6.45, 7) is 4.52. The summed E-state index contributed by atoms with van der Waals surface area (Å²) < 4.78 is 0. The summed E-state index contributed by atoms with van der Waals surface area (Å²) in [5, 5.41) is 3.40. The van der Waals surface area contributed by atoms with Crippen LogP contribution >= 0.6 is 12.4 Å². The van der Waals surface area contributed by atoms with Gasteiger partial charge in [-0.05, 0) is 55.1 Å². The van der Waals surface area contributed by atoms with Crippen LogP contribution in [0, 0.1) is 17.8 Å². The molecule has 1 aliphatic heterocycles. The highest BCUT2D eigenvalue weighted by Crippen LogP contribution is 2.40. The topological polar surface area (TPSA) is 75.4 Å². The zero-order valence-electron chi connectivity index (χ0n) is 18.2. The maximum Gasteiger partial charge on any atom is 0.243 e. The number of halogens is 1. The van der Waals surface area contributed by atoms with Crippen LogP contribution in [0.5, 0.6) is 0 Å². The van der Waals surface area contributed by atoms with Gasteiger partial charge in [0.15, 0.2) is 0 Å². The van der Waals surface area contributed by atoms with Gasteiger partial charge in [-0.2, -0.15) is 0 Å². The van der Waals surface area contributed by atoms with Gasteiger partial charge < -0.3 is 16.0 Å². The minimum Gasteiger partial charge on any atom is -0.351 e. The Balaban J connectivity index is 0.00000256. The zero-order valence-corrected chi connectivity index (χ0v) is 19.0. The average molecular weight is 434 g/mol. The van der Waals surface area contributed by atoms with Gasteiger partial charge in [0.25, 0.3) is 0 Å². The number of nitrogens with two attached hydrogens (primary N) is 1. The summed E-state index contributed by atoms with van der Waals surface area (Å²) >= 11 is 0. The van der Waals surface area contributed by atoms with Crippen molar-refractivity contribution in [3.63, 3.8) is 0 Å². The number of nitrogens with one attached hydrogen (secondary N) is 1. The van der Waals surface area contributed by atoms with Crippen LogP contribution in [0.3, 0.4) is 0 Å². The Labute approximate surface area is 186 Å². The lowest BCUT2D eigenvalue weighted by Gasteiger charge is -2.46. The predicted octanol–water partition coefficient (Wildman–Crippen LogP) is 3.43. The first-order chi connectivity index (χ1) is 14.0. The van der Waals surface area contributed by atoms with Crippen molar-refractivity contribution in [1.82, 2.24) is 10.2 Å². The summed E-state index contributed by atoms with van der Waals surface area (Å²) in [7, 11) is 0. The molecule has 166 valence electrons. The molecule has 2 aliphatic carbocycles. The summed E-state index contributed by atoms with van der Waals surface area (Å²) in [6, 6.07) is 8.27. The molecule has 1 heterocycles. The monoisotopic (exact) mass is 433 g/mol. The average Bonchev–Trinajstić information content (AvgIpc) is 2.72. The highest BCUT2D eigenvalue weighted by atomic mass is 35.5. The van der Waals surface area contributed by atoms with E-state index in [0.29, 0.717) is 24.8 Å². The van der Waals surface area contributed by atoms with E-state index in [9.17, 15) is 9.59 Å². The summed E-state index contributed by atoms with van der Waals surface area (Å²) in [5.74, 6) is 1.01. The molecule has 2 bridgehead atoms. The van der Waals surface area contributed by atoms with E-state index in [-0.39, 0.29) is 42.2 Å². The smallest absolute Gasteiger partial charge is 0.243 e. The molecule has 5 nitrogen and oxygen atoms in total. The largest absolute Gasteiger partial charge is 0.351 e. The fraction of sp³-hybridized carbons (Fsp3) is 0.667. The van der Waals surface area contributed by atoms with Crippen LogP contribution < -0.4 is 11.1 Å². The quantitative estimate of drug-likeness (QED) is 0.763. The number of carbonyl (C=O) groups excluding carboxylic acids is 2. The van der Waals surface area contributed by atoms with E-state index in [2.05, 4.69) is 17.4 Å². The van der Waals surface area contributed by atoms with E-state index in [1.54, 1.807) is 0 Å². The van der Waals surface area contributed by atoms with Crippen molar-refractivity contribution in [2.45, 2.75) is 83.5 Å². The number of hydrogen-bond acceptors (Lipinski definition) is 3. The Bertz CT molecular complexity index is 757. The number of fused-ring (bicyclic) bond motifs is 3. The van der Waals surface area contributed by atoms with Crippen molar-refractivity contribution in [1.29, 1.82) is 0 Å². The first-order valence-electron chi connectivity index (χ1n) is 11.4. The minimum absolute atomic E-state index is 0. The maximum atomic E-state index is 13.5. The molecule has 1 aromatic rings. The Morgan fingerprint density at radius 2 is 1.80 bits per heavy atom. The van der Waals surface area contributed by atoms with E-state index < -0.39 is 6.04 Å². The predicted molar refractivity (Wildman–Crippen MR) is 121 cm³/mol. The van der Waals surface area contributed by atoms with Crippen molar-refractivity contribution in [2.24, 2.45) is 23.5 Å². The molecule has 2 saturated carbocycles. The molecule has 6 heteroatoms. The molecule has 3 N–H and O–H groups in total. The van der Waals surface area contributed by atoms with Crippen molar-refractivity contribution >= 4 is 24.2 Å². The molecule has 0 spiro atoms. The van der Waals surface area contributed by atoms with E-state index in [4.69, 9.17) is 5.73 Å². The molecule has 2 fully saturated rings. The van der Waals surface area contributed by atoms with E-state index in [0.717, 1.165) is 37.7 Å². The first-order valence-corrected chi connectivity index (χ1v) is 11.4. The van der Waals surface area contributed by atoms with E-state index >= 15 is 0 Å². The number of benzene rings is 1. The maximum absolute atomic E-state index is 13.5. The Kier molecular flexibility index (Phi) is 7.46. The van der Waals surface area contributed by atoms with Crippen LogP contribution in [0.4, 0.5) is 0 Å². The lowest BCUT2D eigenvalue weighted by atomic mass is 9.67. The molecule has 2 amide bonds. The number of nitrogens with zero attached hydrogens (tertiary/aromatic N) is 1. The molecule has 4 atom stereocenters. The highest BCUT2D eigenvalue weighted by molar-refractivity contribution is 5.89. The normalized spacial score (nSPS) is 31.2. The summed E-state index contributed by atoms with van der Waals surface area (Å²) in [5.41, 5.74) is 8.61. The lowest BCUT2D eigenvalue weighted by Crippen LogP contribution is -2.59. The summed E-state index contributed by atoms with van der Waals surface area (Å²) in [4.78, 5) is 28.4. The fourth-order valence-corrected chi connectivity index (χ4v) is 5.73. The van der Waals surface area contributed by atoms with Crippen LogP contribution in [0.25, 0.3) is 0 Å². The van der Waals surface area contributed by atoms with Gasteiger partial charge >= 0.3 is 0 Å². The molecule has 30 heavy (non-hydrogen) atoms.